The van der Waals surface area contributed by atoms with E-state index in [4.69, 9.17) is 9.47 Å². The van der Waals surface area contributed by atoms with Crippen molar-refractivity contribution in [2.24, 2.45) is 0 Å². The van der Waals surface area contributed by atoms with E-state index in [-0.39, 0.29) is 18.9 Å². The summed E-state index contributed by atoms with van der Waals surface area (Å²) in [7, 11) is 0. The van der Waals surface area contributed by atoms with Gasteiger partial charge in [-0.25, -0.2) is 8.78 Å². The van der Waals surface area contributed by atoms with Gasteiger partial charge in [-0.3, -0.25) is 4.79 Å². The maximum atomic E-state index is 13.7. The van der Waals surface area contributed by atoms with E-state index in [9.17, 15) is 18.8 Å². The first kappa shape index (κ1) is 20.3. The van der Waals surface area contributed by atoms with Crippen LogP contribution in [0.2, 0.25) is 0 Å². The fraction of sp³-hybridized carbons (Fsp3) is 0.364. The van der Waals surface area contributed by atoms with Gasteiger partial charge in [-0.2, -0.15) is 5.26 Å². The minimum atomic E-state index is -0.909. The summed E-state index contributed by atoms with van der Waals surface area (Å²) in [6.07, 6.45) is 0.492. The van der Waals surface area contributed by atoms with Crippen LogP contribution in [0.4, 0.5) is 8.78 Å². The Labute approximate surface area is 172 Å². The molecule has 0 aromatic heterocycles. The summed E-state index contributed by atoms with van der Waals surface area (Å²) >= 11 is 0. The van der Waals surface area contributed by atoms with Gasteiger partial charge in [-0.15, -0.1) is 0 Å². The Kier molecular flexibility index (Phi) is 5.93. The van der Waals surface area contributed by atoms with Crippen molar-refractivity contribution in [1.29, 1.82) is 5.26 Å². The summed E-state index contributed by atoms with van der Waals surface area (Å²) in [6.45, 7) is 1.83. The van der Waals surface area contributed by atoms with E-state index in [1.807, 2.05) is 0 Å². The van der Waals surface area contributed by atoms with Crippen molar-refractivity contribution < 1.29 is 23.0 Å². The molecule has 156 valence electrons. The van der Waals surface area contributed by atoms with Crippen LogP contribution in [0.25, 0.3) is 11.1 Å². The average Bonchev–Trinajstić information content (AvgIpc) is 3.03. The fourth-order valence-corrected chi connectivity index (χ4v) is 3.66. The molecule has 6 nitrogen and oxygen atoms in total. The summed E-state index contributed by atoms with van der Waals surface area (Å²) in [6, 6.07) is 9.00. The molecule has 2 heterocycles. The summed E-state index contributed by atoms with van der Waals surface area (Å²) < 4.78 is 38.4. The van der Waals surface area contributed by atoms with Crippen molar-refractivity contribution >= 4 is 5.91 Å². The number of nitrogens with zero attached hydrogens (tertiary/aromatic N) is 1. The molecular formula is C22H21F2N3O3. The first-order valence-electron chi connectivity index (χ1n) is 9.81. The molecule has 2 aromatic rings. The second-order valence-electron chi connectivity index (χ2n) is 7.35. The van der Waals surface area contributed by atoms with Crippen LogP contribution in [0, 0.1) is 23.0 Å². The van der Waals surface area contributed by atoms with Crippen molar-refractivity contribution in [3.63, 3.8) is 0 Å². The van der Waals surface area contributed by atoms with Gasteiger partial charge in [0.1, 0.15) is 24.5 Å². The summed E-state index contributed by atoms with van der Waals surface area (Å²) in [4.78, 5) is 12.4. The molecule has 1 saturated heterocycles. The second-order valence-corrected chi connectivity index (χ2v) is 7.35. The number of rotatable bonds is 4. The van der Waals surface area contributed by atoms with Crippen molar-refractivity contribution in [2.75, 3.05) is 19.7 Å². The normalized spacial score (nSPS) is 18.8. The van der Waals surface area contributed by atoms with E-state index >= 15 is 0 Å². The second kappa shape index (κ2) is 8.78. The van der Waals surface area contributed by atoms with E-state index < -0.39 is 23.8 Å². The molecule has 2 aromatic carbocycles. The van der Waals surface area contributed by atoms with Crippen LogP contribution in [0.3, 0.4) is 0 Å². The molecule has 0 aliphatic carbocycles. The van der Waals surface area contributed by atoms with Gasteiger partial charge >= 0.3 is 0 Å². The zero-order valence-corrected chi connectivity index (χ0v) is 16.2. The molecule has 30 heavy (non-hydrogen) atoms. The molecule has 0 radical (unpaired) electrons. The Hall–Kier alpha value is -3.02. The smallest absolute Gasteiger partial charge is 0.251 e. The molecule has 2 atom stereocenters. The highest BCUT2D eigenvalue weighted by molar-refractivity contribution is 5.81. The van der Waals surface area contributed by atoms with Crippen molar-refractivity contribution in [2.45, 2.75) is 31.6 Å². The topological polar surface area (TPSA) is 83.4 Å². The lowest BCUT2D eigenvalue weighted by molar-refractivity contribution is -0.132. The highest BCUT2D eigenvalue weighted by Gasteiger charge is 2.24. The van der Waals surface area contributed by atoms with Crippen LogP contribution in [0.1, 0.15) is 17.5 Å². The van der Waals surface area contributed by atoms with E-state index in [0.29, 0.717) is 35.6 Å². The standard InChI is InChI=1S/C22H21F2N3O3/c23-18-8-14-12-30-20-7-13(2-3-16(20)17(14)9-19(18)24)6-15(10-25)27-22(28)21-11-26-4-1-5-29-21/h2-3,7-9,15,21,26H,1,4-6,11-12H2,(H,27,28)/t15-,21?/m0/s1. The third kappa shape index (κ3) is 4.27. The zero-order valence-electron chi connectivity index (χ0n) is 16.2. The van der Waals surface area contributed by atoms with Gasteiger partial charge in [-0.05, 0) is 42.3 Å². The number of nitrogens with one attached hydrogen (secondary N) is 2. The lowest BCUT2D eigenvalue weighted by Crippen LogP contribution is -2.46. The van der Waals surface area contributed by atoms with Gasteiger partial charge in [0.2, 0.25) is 0 Å². The van der Waals surface area contributed by atoms with Gasteiger partial charge in [0, 0.05) is 30.7 Å². The molecule has 2 aliphatic heterocycles. The lowest BCUT2D eigenvalue weighted by atomic mass is 9.94. The number of benzene rings is 2. The third-order valence-corrected chi connectivity index (χ3v) is 5.22. The third-order valence-electron chi connectivity index (χ3n) is 5.22. The molecule has 1 unspecified atom stereocenters. The van der Waals surface area contributed by atoms with Crippen LogP contribution in [0.5, 0.6) is 5.75 Å². The number of carbonyl (C=O) groups is 1. The Morgan fingerprint density at radius 3 is 2.93 bits per heavy atom. The molecule has 0 bridgehead atoms. The number of amides is 1. The van der Waals surface area contributed by atoms with Gasteiger partial charge in [0.05, 0.1) is 6.07 Å². The van der Waals surface area contributed by atoms with E-state index in [1.54, 1.807) is 18.2 Å². The molecule has 8 heteroatoms. The van der Waals surface area contributed by atoms with Crippen LogP contribution < -0.4 is 15.4 Å². The van der Waals surface area contributed by atoms with Gasteiger partial charge in [-0.1, -0.05) is 12.1 Å². The quantitative estimate of drug-likeness (QED) is 0.805. The number of carbonyl (C=O) groups excluding carboxylic acids is 1. The lowest BCUT2D eigenvalue weighted by Gasteiger charge is -2.22. The van der Waals surface area contributed by atoms with Crippen LogP contribution in [0.15, 0.2) is 30.3 Å². The van der Waals surface area contributed by atoms with Gasteiger partial charge in [0.25, 0.3) is 5.91 Å². The first-order chi connectivity index (χ1) is 14.5. The number of hydrogen-bond donors (Lipinski definition) is 2. The highest BCUT2D eigenvalue weighted by Crippen LogP contribution is 2.39. The average molecular weight is 413 g/mol. The summed E-state index contributed by atoms with van der Waals surface area (Å²) in [5.74, 6) is -1.60. The zero-order chi connectivity index (χ0) is 21.1. The number of hydrogen-bond acceptors (Lipinski definition) is 5. The minimum absolute atomic E-state index is 0.132. The number of fused-ring (bicyclic) bond motifs is 3. The van der Waals surface area contributed by atoms with E-state index in [0.717, 1.165) is 24.6 Å². The Morgan fingerprint density at radius 2 is 2.10 bits per heavy atom. The SMILES string of the molecule is N#C[C@H](Cc1ccc2c(c1)OCc1cc(F)c(F)cc1-2)NC(=O)C1CNCCCO1. The Bertz CT molecular complexity index is 998. The van der Waals surface area contributed by atoms with Crippen LogP contribution in [-0.4, -0.2) is 37.7 Å². The number of ether oxygens (including phenoxy) is 2. The number of nitriles is 1. The highest BCUT2D eigenvalue weighted by atomic mass is 19.2. The van der Waals surface area contributed by atoms with Crippen molar-refractivity contribution in [3.8, 4) is 22.9 Å². The largest absolute Gasteiger partial charge is 0.488 e. The molecular weight excluding hydrogens is 392 g/mol. The molecule has 1 fully saturated rings. The van der Waals surface area contributed by atoms with Crippen molar-refractivity contribution in [3.05, 3.63) is 53.1 Å². The molecule has 0 saturated carbocycles. The van der Waals surface area contributed by atoms with Gasteiger partial charge < -0.3 is 20.1 Å². The predicted octanol–water partition coefficient (Wildman–Crippen LogP) is 2.45. The van der Waals surface area contributed by atoms with Gasteiger partial charge in [0.15, 0.2) is 11.6 Å². The maximum Gasteiger partial charge on any atom is 0.251 e. The number of halogens is 2. The molecule has 1 amide bonds. The predicted molar refractivity (Wildman–Crippen MR) is 105 cm³/mol. The van der Waals surface area contributed by atoms with E-state index in [2.05, 4.69) is 16.7 Å². The maximum absolute atomic E-state index is 13.7. The first-order valence-corrected chi connectivity index (χ1v) is 9.81. The minimum Gasteiger partial charge on any atom is -0.488 e. The molecule has 2 aliphatic rings. The van der Waals surface area contributed by atoms with Crippen LogP contribution in [-0.2, 0) is 22.6 Å². The van der Waals surface area contributed by atoms with Crippen molar-refractivity contribution in [1.82, 2.24) is 10.6 Å². The fourth-order valence-electron chi connectivity index (χ4n) is 3.66. The summed E-state index contributed by atoms with van der Waals surface area (Å²) in [5, 5.41) is 15.3. The Morgan fingerprint density at radius 1 is 1.27 bits per heavy atom. The molecule has 2 N–H and O–H groups in total. The van der Waals surface area contributed by atoms with Crippen LogP contribution >= 0.6 is 0 Å². The molecule has 0 spiro atoms. The summed E-state index contributed by atoms with van der Waals surface area (Å²) in [5.41, 5.74) is 2.61. The Balaban J connectivity index is 1.48. The monoisotopic (exact) mass is 413 g/mol. The molecule has 4 rings (SSSR count). The van der Waals surface area contributed by atoms with E-state index in [1.165, 1.54) is 6.07 Å².